The van der Waals surface area contributed by atoms with Crippen LogP contribution in [0.4, 0.5) is 0 Å². The Balaban J connectivity index is 1.27. The van der Waals surface area contributed by atoms with E-state index in [0.717, 1.165) is 36.0 Å². The standard InChI is InChI=1S/C26H31N3O2/c1-27(18-21-8-3-2-4-9-21)19-23(30)20-28-14-16-29(17-15-28)26(31)25-13-7-11-22-10-5-6-12-24(22)25/h2-13,23,30H,14-20H2,1H3. The van der Waals surface area contributed by atoms with Gasteiger partial charge in [0.15, 0.2) is 0 Å². The fourth-order valence-corrected chi connectivity index (χ4v) is 4.39. The van der Waals surface area contributed by atoms with E-state index in [1.165, 1.54) is 5.56 Å². The second kappa shape index (κ2) is 10.1. The molecule has 3 aromatic carbocycles. The number of rotatable bonds is 7. The Labute approximate surface area is 184 Å². The zero-order chi connectivity index (χ0) is 21.6. The van der Waals surface area contributed by atoms with E-state index >= 15 is 0 Å². The van der Waals surface area contributed by atoms with Gasteiger partial charge in [-0.3, -0.25) is 14.6 Å². The summed E-state index contributed by atoms with van der Waals surface area (Å²) in [4.78, 5) is 19.5. The lowest BCUT2D eigenvalue weighted by molar-refractivity contribution is 0.0454. The molecule has 5 nitrogen and oxygen atoms in total. The molecule has 0 saturated carbocycles. The molecule has 1 unspecified atom stereocenters. The quantitative estimate of drug-likeness (QED) is 0.642. The summed E-state index contributed by atoms with van der Waals surface area (Å²) in [6.07, 6.45) is -0.408. The van der Waals surface area contributed by atoms with Crippen LogP contribution in [0.3, 0.4) is 0 Å². The summed E-state index contributed by atoms with van der Waals surface area (Å²) < 4.78 is 0. The van der Waals surface area contributed by atoms with Gasteiger partial charge in [0.05, 0.1) is 6.10 Å². The van der Waals surface area contributed by atoms with Gasteiger partial charge in [0.25, 0.3) is 5.91 Å². The molecule has 1 fully saturated rings. The summed E-state index contributed by atoms with van der Waals surface area (Å²) in [6, 6.07) is 24.3. The molecule has 0 aromatic heterocycles. The van der Waals surface area contributed by atoms with E-state index in [2.05, 4.69) is 21.9 Å². The number of β-amino-alcohol motifs (C(OH)–C–C–N with tert-alkyl or cyclic N) is 1. The first-order valence-electron chi connectivity index (χ1n) is 11.0. The van der Waals surface area contributed by atoms with E-state index in [-0.39, 0.29) is 5.91 Å². The largest absolute Gasteiger partial charge is 0.390 e. The van der Waals surface area contributed by atoms with E-state index in [1.54, 1.807) is 0 Å². The third-order valence-corrected chi connectivity index (χ3v) is 5.97. The summed E-state index contributed by atoms with van der Waals surface area (Å²) in [5.41, 5.74) is 2.02. The molecular weight excluding hydrogens is 386 g/mol. The maximum Gasteiger partial charge on any atom is 0.254 e. The number of likely N-dealkylation sites (N-methyl/N-ethyl adjacent to an activating group) is 1. The highest BCUT2D eigenvalue weighted by Gasteiger charge is 2.24. The fourth-order valence-electron chi connectivity index (χ4n) is 4.39. The number of carbonyl (C=O) groups is 1. The number of carbonyl (C=O) groups excluding carboxylic acids is 1. The Morgan fingerprint density at radius 3 is 2.39 bits per heavy atom. The maximum atomic E-state index is 13.1. The predicted molar refractivity (Wildman–Crippen MR) is 125 cm³/mol. The van der Waals surface area contributed by atoms with Gasteiger partial charge in [0.1, 0.15) is 0 Å². The third kappa shape index (κ3) is 5.50. The normalized spacial score (nSPS) is 16.0. The van der Waals surface area contributed by atoms with Crippen LogP contribution in [0.1, 0.15) is 15.9 Å². The predicted octanol–water partition coefficient (Wildman–Crippen LogP) is 3.09. The van der Waals surface area contributed by atoms with Gasteiger partial charge in [-0.05, 0) is 29.4 Å². The van der Waals surface area contributed by atoms with Crippen molar-refractivity contribution in [2.24, 2.45) is 0 Å². The van der Waals surface area contributed by atoms with Gasteiger partial charge in [-0.2, -0.15) is 0 Å². The van der Waals surface area contributed by atoms with Crippen molar-refractivity contribution in [3.63, 3.8) is 0 Å². The van der Waals surface area contributed by atoms with E-state index in [9.17, 15) is 9.90 Å². The molecule has 1 N–H and O–H groups in total. The average molecular weight is 418 g/mol. The number of hydrogen-bond donors (Lipinski definition) is 1. The molecule has 3 aromatic rings. The number of piperazine rings is 1. The monoisotopic (exact) mass is 417 g/mol. The number of benzene rings is 3. The second-order valence-electron chi connectivity index (χ2n) is 8.46. The molecule has 4 rings (SSSR count). The van der Waals surface area contributed by atoms with Crippen LogP contribution in [0.2, 0.25) is 0 Å². The SMILES string of the molecule is CN(Cc1ccccc1)CC(O)CN1CCN(C(=O)c2cccc3ccccc23)CC1. The summed E-state index contributed by atoms with van der Waals surface area (Å²) in [7, 11) is 2.04. The summed E-state index contributed by atoms with van der Waals surface area (Å²) in [5.74, 6) is 0.0968. The first kappa shape index (κ1) is 21.5. The first-order chi connectivity index (χ1) is 15.1. The van der Waals surface area contributed by atoms with Crippen LogP contribution >= 0.6 is 0 Å². The zero-order valence-electron chi connectivity index (χ0n) is 18.2. The van der Waals surface area contributed by atoms with E-state index in [4.69, 9.17) is 0 Å². The Morgan fingerprint density at radius 2 is 1.61 bits per heavy atom. The number of hydrogen-bond acceptors (Lipinski definition) is 4. The zero-order valence-corrected chi connectivity index (χ0v) is 18.2. The van der Waals surface area contributed by atoms with E-state index in [1.807, 2.05) is 72.6 Å². The van der Waals surface area contributed by atoms with Crippen LogP contribution in [0, 0.1) is 0 Å². The number of fused-ring (bicyclic) bond motifs is 1. The lowest BCUT2D eigenvalue weighted by atomic mass is 10.0. The van der Waals surface area contributed by atoms with Gasteiger partial charge >= 0.3 is 0 Å². The van der Waals surface area contributed by atoms with Gasteiger partial charge in [0, 0.05) is 51.4 Å². The van der Waals surface area contributed by atoms with Crippen molar-refractivity contribution in [1.82, 2.24) is 14.7 Å². The minimum Gasteiger partial charge on any atom is -0.390 e. The highest BCUT2D eigenvalue weighted by Crippen LogP contribution is 2.20. The van der Waals surface area contributed by atoms with Gasteiger partial charge in [-0.25, -0.2) is 0 Å². The van der Waals surface area contributed by atoms with Crippen molar-refractivity contribution in [3.05, 3.63) is 83.9 Å². The molecule has 162 valence electrons. The molecular formula is C26H31N3O2. The lowest BCUT2D eigenvalue weighted by Crippen LogP contribution is -2.51. The summed E-state index contributed by atoms with van der Waals surface area (Å²) in [6.45, 7) is 5.04. The second-order valence-corrected chi connectivity index (χ2v) is 8.46. The van der Waals surface area contributed by atoms with Crippen molar-refractivity contribution in [3.8, 4) is 0 Å². The van der Waals surface area contributed by atoms with Crippen molar-refractivity contribution >= 4 is 16.7 Å². The van der Waals surface area contributed by atoms with Crippen molar-refractivity contribution in [2.75, 3.05) is 46.3 Å². The molecule has 0 radical (unpaired) electrons. The van der Waals surface area contributed by atoms with E-state index in [0.29, 0.717) is 26.2 Å². The van der Waals surface area contributed by atoms with Crippen molar-refractivity contribution in [2.45, 2.75) is 12.6 Å². The van der Waals surface area contributed by atoms with Gasteiger partial charge in [-0.15, -0.1) is 0 Å². The third-order valence-electron chi connectivity index (χ3n) is 5.97. The number of aliphatic hydroxyl groups is 1. The lowest BCUT2D eigenvalue weighted by Gasteiger charge is -2.36. The van der Waals surface area contributed by atoms with Crippen LogP contribution in [-0.2, 0) is 6.54 Å². The van der Waals surface area contributed by atoms with Crippen LogP contribution in [0.5, 0.6) is 0 Å². The van der Waals surface area contributed by atoms with Gasteiger partial charge in [-0.1, -0.05) is 66.7 Å². The number of nitrogens with zero attached hydrogens (tertiary/aromatic N) is 3. The molecule has 1 atom stereocenters. The first-order valence-corrected chi connectivity index (χ1v) is 11.0. The van der Waals surface area contributed by atoms with E-state index < -0.39 is 6.10 Å². The van der Waals surface area contributed by atoms with Crippen molar-refractivity contribution in [1.29, 1.82) is 0 Å². The maximum absolute atomic E-state index is 13.1. The summed E-state index contributed by atoms with van der Waals surface area (Å²) in [5, 5.41) is 12.7. The molecule has 1 aliphatic heterocycles. The smallest absolute Gasteiger partial charge is 0.254 e. The summed E-state index contributed by atoms with van der Waals surface area (Å²) >= 11 is 0. The Hall–Kier alpha value is -2.73. The molecule has 0 bridgehead atoms. The van der Waals surface area contributed by atoms with Crippen LogP contribution < -0.4 is 0 Å². The molecule has 1 saturated heterocycles. The molecule has 0 aliphatic carbocycles. The van der Waals surface area contributed by atoms with Gasteiger partial charge < -0.3 is 10.0 Å². The average Bonchev–Trinajstić information content (AvgIpc) is 2.79. The Kier molecular flexibility index (Phi) is 6.97. The number of aliphatic hydroxyl groups excluding tert-OH is 1. The van der Waals surface area contributed by atoms with Crippen molar-refractivity contribution < 1.29 is 9.90 Å². The Morgan fingerprint density at radius 1 is 0.935 bits per heavy atom. The topological polar surface area (TPSA) is 47.0 Å². The van der Waals surface area contributed by atoms with Crippen LogP contribution in [0.25, 0.3) is 10.8 Å². The molecule has 1 heterocycles. The minimum absolute atomic E-state index is 0.0968. The highest BCUT2D eigenvalue weighted by atomic mass is 16.3. The highest BCUT2D eigenvalue weighted by molar-refractivity contribution is 6.07. The molecule has 5 heteroatoms. The Bertz CT molecular complexity index is 994. The molecule has 1 aliphatic rings. The van der Waals surface area contributed by atoms with Crippen LogP contribution in [-0.4, -0.2) is 78.1 Å². The van der Waals surface area contributed by atoms with Crippen LogP contribution in [0.15, 0.2) is 72.8 Å². The molecule has 31 heavy (non-hydrogen) atoms. The minimum atomic E-state index is -0.408. The number of amides is 1. The fraction of sp³-hybridized carbons (Fsp3) is 0.346. The molecule has 0 spiro atoms. The molecule has 1 amide bonds. The van der Waals surface area contributed by atoms with Gasteiger partial charge in [0.2, 0.25) is 0 Å².